The number of hydrogen-bond acceptors (Lipinski definition) is 2. The van der Waals surface area contributed by atoms with Gasteiger partial charge in [-0.2, -0.15) is 5.26 Å². The van der Waals surface area contributed by atoms with Gasteiger partial charge >= 0.3 is 0 Å². The van der Waals surface area contributed by atoms with E-state index in [-0.39, 0.29) is 11.5 Å². The minimum absolute atomic E-state index is 0.106. The molecule has 0 bridgehead atoms. The van der Waals surface area contributed by atoms with Gasteiger partial charge in [0.05, 0.1) is 0 Å². The molecule has 0 unspecified atom stereocenters. The largest absolute Gasteiger partial charge is 0.347 e. The molecule has 3 heteroatoms. The lowest BCUT2D eigenvalue weighted by molar-refractivity contribution is -0.117. The summed E-state index contributed by atoms with van der Waals surface area (Å²) in [5.74, 6) is -0.359. The fraction of sp³-hybridized carbons (Fsp3) is 0.111. The lowest BCUT2D eigenvalue weighted by Gasteiger charge is -2.04. The Hall–Kier alpha value is -2.86. The number of nitrogens with one attached hydrogen (secondary N) is 1. The van der Waals surface area contributed by atoms with Gasteiger partial charge in [0.2, 0.25) is 0 Å². The van der Waals surface area contributed by atoms with Crippen molar-refractivity contribution in [2.75, 3.05) is 0 Å². The van der Waals surface area contributed by atoms with Gasteiger partial charge in [-0.1, -0.05) is 60.2 Å². The van der Waals surface area contributed by atoms with E-state index in [9.17, 15) is 4.79 Å². The molecule has 0 heterocycles. The number of nitrogens with zero attached hydrogens (tertiary/aromatic N) is 1. The summed E-state index contributed by atoms with van der Waals surface area (Å²) in [5.41, 5.74) is 3.08. The fourth-order valence-electron chi connectivity index (χ4n) is 1.85. The van der Waals surface area contributed by atoms with Crippen molar-refractivity contribution < 1.29 is 4.79 Å². The maximum absolute atomic E-state index is 12.0. The van der Waals surface area contributed by atoms with Crippen LogP contribution in [0.2, 0.25) is 0 Å². The van der Waals surface area contributed by atoms with Crippen LogP contribution in [0.1, 0.15) is 16.7 Å². The summed E-state index contributed by atoms with van der Waals surface area (Å²) in [7, 11) is 0. The van der Waals surface area contributed by atoms with Gasteiger partial charge in [-0.15, -0.1) is 0 Å². The van der Waals surface area contributed by atoms with E-state index >= 15 is 0 Å². The minimum atomic E-state index is -0.359. The number of amides is 1. The highest BCUT2D eigenvalue weighted by Crippen LogP contribution is 2.09. The SMILES string of the molecule is Cc1ccc(/C=C(\C#N)C(=O)NCc2ccccc2)cc1. The third kappa shape index (κ3) is 4.32. The lowest BCUT2D eigenvalue weighted by Crippen LogP contribution is -2.23. The lowest BCUT2D eigenvalue weighted by atomic mass is 10.1. The molecule has 104 valence electrons. The van der Waals surface area contributed by atoms with Gasteiger partial charge in [-0.05, 0) is 24.1 Å². The highest BCUT2D eigenvalue weighted by atomic mass is 16.1. The van der Waals surface area contributed by atoms with E-state index in [2.05, 4.69) is 5.32 Å². The fourth-order valence-corrected chi connectivity index (χ4v) is 1.85. The Labute approximate surface area is 124 Å². The van der Waals surface area contributed by atoms with Gasteiger partial charge in [-0.25, -0.2) is 0 Å². The van der Waals surface area contributed by atoms with E-state index in [1.807, 2.05) is 67.6 Å². The molecule has 0 saturated carbocycles. The Morgan fingerprint density at radius 1 is 1.14 bits per heavy atom. The molecule has 2 aromatic carbocycles. The maximum Gasteiger partial charge on any atom is 0.262 e. The van der Waals surface area contributed by atoms with Gasteiger partial charge in [0.15, 0.2) is 0 Å². The molecule has 0 saturated heterocycles. The molecule has 0 fully saturated rings. The second-order valence-corrected chi connectivity index (χ2v) is 4.75. The molecule has 0 radical (unpaired) electrons. The standard InChI is InChI=1S/C18H16N2O/c1-14-7-9-15(10-8-14)11-17(12-19)18(21)20-13-16-5-3-2-4-6-16/h2-11H,13H2,1H3,(H,20,21)/b17-11+. The van der Waals surface area contributed by atoms with Crippen LogP contribution in [0.3, 0.4) is 0 Å². The van der Waals surface area contributed by atoms with E-state index < -0.39 is 0 Å². The summed E-state index contributed by atoms with van der Waals surface area (Å²) >= 11 is 0. The smallest absolute Gasteiger partial charge is 0.262 e. The third-order valence-electron chi connectivity index (χ3n) is 3.05. The Morgan fingerprint density at radius 2 is 1.81 bits per heavy atom. The van der Waals surface area contributed by atoms with E-state index in [4.69, 9.17) is 5.26 Å². The van der Waals surface area contributed by atoms with E-state index in [0.717, 1.165) is 16.7 Å². The Morgan fingerprint density at radius 3 is 2.43 bits per heavy atom. The highest BCUT2D eigenvalue weighted by Gasteiger charge is 2.08. The van der Waals surface area contributed by atoms with Crippen molar-refractivity contribution in [2.24, 2.45) is 0 Å². The van der Waals surface area contributed by atoms with Crippen molar-refractivity contribution in [2.45, 2.75) is 13.5 Å². The van der Waals surface area contributed by atoms with Gasteiger partial charge in [0, 0.05) is 6.54 Å². The molecule has 0 aliphatic rings. The first-order valence-electron chi connectivity index (χ1n) is 6.69. The average Bonchev–Trinajstić information content (AvgIpc) is 2.53. The van der Waals surface area contributed by atoms with Crippen LogP contribution in [0.5, 0.6) is 0 Å². The van der Waals surface area contributed by atoms with Crippen molar-refractivity contribution in [3.8, 4) is 6.07 Å². The number of carbonyl (C=O) groups is 1. The molecule has 0 spiro atoms. The molecule has 0 atom stereocenters. The topological polar surface area (TPSA) is 52.9 Å². The monoisotopic (exact) mass is 276 g/mol. The zero-order valence-electron chi connectivity index (χ0n) is 11.8. The first-order chi connectivity index (χ1) is 10.2. The summed E-state index contributed by atoms with van der Waals surface area (Å²) < 4.78 is 0. The van der Waals surface area contributed by atoms with E-state index in [1.165, 1.54) is 0 Å². The summed E-state index contributed by atoms with van der Waals surface area (Å²) in [6, 6.07) is 19.2. The molecule has 0 aromatic heterocycles. The van der Waals surface area contributed by atoms with Crippen LogP contribution < -0.4 is 5.32 Å². The van der Waals surface area contributed by atoms with Crippen LogP contribution in [0.25, 0.3) is 6.08 Å². The predicted molar refractivity (Wildman–Crippen MR) is 83.1 cm³/mol. The number of rotatable bonds is 4. The van der Waals surface area contributed by atoms with Gasteiger partial charge < -0.3 is 5.32 Å². The number of carbonyl (C=O) groups excluding carboxylic acids is 1. The normalized spacial score (nSPS) is 10.8. The molecular weight excluding hydrogens is 260 g/mol. The second-order valence-electron chi connectivity index (χ2n) is 4.75. The number of aryl methyl sites for hydroxylation is 1. The van der Waals surface area contributed by atoms with Crippen molar-refractivity contribution in [3.63, 3.8) is 0 Å². The van der Waals surface area contributed by atoms with Crippen LogP contribution in [0, 0.1) is 18.3 Å². The first kappa shape index (κ1) is 14.5. The maximum atomic E-state index is 12.0. The van der Waals surface area contributed by atoms with Crippen LogP contribution in [-0.4, -0.2) is 5.91 Å². The zero-order chi connectivity index (χ0) is 15.1. The van der Waals surface area contributed by atoms with E-state index in [1.54, 1.807) is 6.08 Å². The molecule has 3 nitrogen and oxygen atoms in total. The quantitative estimate of drug-likeness (QED) is 0.688. The molecule has 21 heavy (non-hydrogen) atoms. The van der Waals surface area contributed by atoms with Crippen molar-refractivity contribution in [3.05, 3.63) is 76.9 Å². The summed E-state index contributed by atoms with van der Waals surface area (Å²) in [4.78, 5) is 12.0. The first-order valence-corrected chi connectivity index (χ1v) is 6.69. The van der Waals surface area contributed by atoms with Crippen molar-refractivity contribution in [1.82, 2.24) is 5.32 Å². The Kier molecular flexibility index (Phi) is 4.89. The Bertz CT molecular complexity index is 679. The molecular formula is C18H16N2O. The van der Waals surface area contributed by atoms with Gasteiger partial charge in [0.1, 0.15) is 11.6 Å². The van der Waals surface area contributed by atoms with Gasteiger partial charge in [0.25, 0.3) is 5.91 Å². The van der Waals surface area contributed by atoms with Crippen LogP contribution in [0.4, 0.5) is 0 Å². The molecule has 1 amide bonds. The number of benzene rings is 2. The molecule has 2 aromatic rings. The predicted octanol–water partition coefficient (Wildman–Crippen LogP) is 3.22. The molecule has 0 aliphatic carbocycles. The van der Waals surface area contributed by atoms with Crippen molar-refractivity contribution >= 4 is 12.0 Å². The highest BCUT2D eigenvalue weighted by molar-refractivity contribution is 6.01. The summed E-state index contributed by atoms with van der Waals surface area (Å²) in [6.07, 6.45) is 1.60. The third-order valence-corrected chi connectivity index (χ3v) is 3.05. The minimum Gasteiger partial charge on any atom is -0.347 e. The van der Waals surface area contributed by atoms with E-state index in [0.29, 0.717) is 6.54 Å². The number of nitriles is 1. The molecule has 0 aliphatic heterocycles. The van der Waals surface area contributed by atoms with Crippen LogP contribution >= 0.6 is 0 Å². The number of hydrogen-bond donors (Lipinski definition) is 1. The second kappa shape index (κ2) is 7.06. The summed E-state index contributed by atoms with van der Waals surface area (Å²) in [6.45, 7) is 2.40. The van der Waals surface area contributed by atoms with Crippen LogP contribution in [0.15, 0.2) is 60.2 Å². The summed E-state index contributed by atoms with van der Waals surface area (Å²) in [5, 5.41) is 11.9. The van der Waals surface area contributed by atoms with Gasteiger partial charge in [-0.3, -0.25) is 4.79 Å². The zero-order valence-corrected chi connectivity index (χ0v) is 11.8. The van der Waals surface area contributed by atoms with Crippen LogP contribution in [-0.2, 0) is 11.3 Å². The van der Waals surface area contributed by atoms with Crippen molar-refractivity contribution in [1.29, 1.82) is 5.26 Å². The average molecular weight is 276 g/mol. The molecule has 2 rings (SSSR count). The Balaban J connectivity index is 2.05. The molecule has 1 N–H and O–H groups in total.